The minimum absolute atomic E-state index is 0.307. The molecule has 1 aromatic rings. The van der Waals surface area contributed by atoms with Crippen LogP contribution in [-0.4, -0.2) is 23.2 Å². The second-order valence-electron chi connectivity index (χ2n) is 3.26. The van der Waals surface area contributed by atoms with Crippen LogP contribution in [0.5, 0.6) is 5.75 Å². The molecular weight excluding hydrogens is 182 g/mol. The summed E-state index contributed by atoms with van der Waals surface area (Å²) in [5.74, 6) is 0.289. The molecule has 0 radical (unpaired) electrons. The van der Waals surface area contributed by atoms with Gasteiger partial charge >= 0.3 is 0 Å². The van der Waals surface area contributed by atoms with E-state index in [4.69, 9.17) is 4.74 Å². The summed E-state index contributed by atoms with van der Waals surface area (Å²) in [5, 5.41) is 12.0. The first-order chi connectivity index (χ1) is 6.68. The molecule has 0 fully saturated rings. The van der Waals surface area contributed by atoms with Crippen molar-refractivity contribution in [2.45, 2.75) is 19.1 Å². The second kappa shape index (κ2) is 3.31. The summed E-state index contributed by atoms with van der Waals surface area (Å²) in [6.07, 6.45) is -1.63. The van der Waals surface area contributed by atoms with Crippen molar-refractivity contribution in [1.82, 2.24) is 0 Å². The highest BCUT2D eigenvalue weighted by Gasteiger charge is 2.30. The Hall–Kier alpha value is -1.55. The van der Waals surface area contributed by atoms with E-state index in [0.717, 1.165) is 0 Å². The average Bonchev–Trinajstić information content (AvgIpc) is 2.16. The number of aliphatic hydroxyl groups excluding tert-OH is 1. The monoisotopic (exact) mass is 193 g/mol. The van der Waals surface area contributed by atoms with Crippen molar-refractivity contribution in [2.24, 2.45) is 0 Å². The number of carbonyl (C=O) groups excluding carboxylic acids is 1. The van der Waals surface area contributed by atoms with Gasteiger partial charge in [0.2, 0.25) is 6.10 Å². The molecule has 0 bridgehead atoms. The number of hydrogen-bond donors (Lipinski definition) is 2. The summed E-state index contributed by atoms with van der Waals surface area (Å²) < 4.78 is 5.34. The number of fused-ring (bicyclic) bond motifs is 1. The van der Waals surface area contributed by atoms with Gasteiger partial charge in [-0.1, -0.05) is 12.1 Å². The van der Waals surface area contributed by atoms with E-state index in [1.807, 2.05) is 12.1 Å². The third kappa shape index (κ3) is 1.44. The molecule has 0 unspecified atom stereocenters. The number of nitrogens with one attached hydrogen (secondary N) is 1. The molecule has 4 heteroatoms. The quantitative estimate of drug-likeness (QED) is 0.692. The number of rotatable bonds is 1. The first-order valence-electron chi connectivity index (χ1n) is 4.43. The lowest BCUT2D eigenvalue weighted by Crippen LogP contribution is -2.44. The van der Waals surface area contributed by atoms with E-state index in [1.165, 1.54) is 6.92 Å². The number of hydrogen-bond acceptors (Lipinski definition) is 3. The highest BCUT2D eigenvalue weighted by atomic mass is 16.5. The number of amides is 1. The normalized spacial score (nSPS) is 21.9. The average molecular weight is 193 g/mol. The van der Waals surface area contributed by atoms with Crippen LogP contribution in [-0.2, 0) is 4.79 Å². The molecule has 0 spiro atoms. The van der Waals surface area contributed by atoms with Crippen molar-refractivity contribution in [3.63, 3.8) is 0 Å². The van der Waals surface area contributed by atoms with Crippen molar-refractivity contribution in [2.75, 3.05) is 5.32 Å². The van der Waals surface area contributed by atoms with E-state index in [-0.39, 0.29) is 5.91 Å². The Morgan fingerprint density at radius 1 is 1.50 bits per heavy atom. The molecule has 14 heavy (non-hydrogen) atoms. The molecule has 1 heterocycles. The van der Waals surface area contributed by atoms with Crippen LogP contribution < -0.4 is 10.1 Å². The number of aliphatic hydroxyl groups is 1. The smallest absolute Gasteiger partial charge is 0.268 e. The van der Waals surface area contributed by atoms with Gasteiger partial charge in [0.15, 0.2) is 0 Å². The molecule has 2 rings (SSSR count). The van der Waals surface area contributed by atoms with Gasteiger partial charge in [0.05, 0.1) is 11.8 Å². The Labute approximate surface area is 81.5 Å². The minimum atomic E-state index is -0.816. The van der Waals surface area contributed by atoms with Gasteiger partial charge in [0.25, 0.3) is 5.91 Å². The molecule has 0 saturated heterocycles. The van der Waals surface area contributed by atoms with Gasteiger partial charge < -0.3 is 15.2 Å². The van der Waals surface area contributed by atoms with Crippen LogP contribution in [0.4, 0.5) is 5.69 Å². The standard InChI is InChI=1S/C10H11NO3/c1-6(12)9-10(13)11-7-4-2-3-5-8(7)14-9/h2-6,9,12H,1H3,(H,11,13)/t6-,9+/m1/s1. The lowest BCUT2D eigenvalue weighted by atomic mass is 10.1. The summed E-state index contributed by atoms with van der Waals surface area (Å²) >= 11 is 0. The molecule has 74 valence electrons. The molecule has 0 saturated carbocycles. The van der Waals surface area contributed by atoms with Crippen LogP contribution in [0.3, 0.4) is 0 Å². The Morgan fingerprint density at radius 3 is 2.93 bits per heavy atom. The highest BCUT2D eigenvalue weighted by molar-refractivity contribution is 5.98. The molecule has 2 atom stereocenters. The molecule has 4 nitrogen and oxygen atoms in total. The molecule has 1 aliphatic rings. The third-order valence-electron chi connectivity index (χ3n) is 2.10. The van der Waals surface area contributed by atoms with Crippen molar-refractivity contribution < 1.29 is 14.6 Å². The lowest BCUT2D eigenvalue weighted by Gasteiger charge is -2.27. The third-order valence-corrected chi connectivity index (χ3v) is 2.10. The molecule has 0 aliphatic carbocycles. The summed E-state index contributed by atoms with van der Waals surface area (Å²) in [5.41, 5.74) is 0.648. The van der Waals surface area contributed by atoms with Gasteiger partial charge in [-0.2, -0.15) is 0 Å². The van der Waals surface area contributed by atoms with Crippen LogP contribution in [0.1, 0.15) is 6.92 Å². The number of anilines is 1. The Morgan fingerprint density at radius 2 is 2.21 bits per heavy atom. The maximum atomic E-state index is 11.4. The first kappa shape index (κ1) is 9.02. The predicted molar refractivity (Wildman–Crippen MR) is 51.2 cm³/mol. The first-order valence-corrected chi connectivity index (χ1v) is 4.43. The van der Waals surface area contributed by atoms with Crippen LogP contribution in [0, 0.1) is 0 Å². The van der Waals surface area contributed by atoms with Crippen molar-refractivity contribution >= 4 is 11.6 Å². The van der Waals surface area contributed by atoms with E-state index in [0.29, 0.717) is 11.4 Å². The fraction of sp³-hybridized carbons (Fsp3) is 0.300. The summed E-state index contributed by atoms with van der Waals surface area (Å²) in [6, 6.07) is 7.14. The number of para-hydroxylation sites is 2. The topological polar surface area (TPSA) is 58.6 Å². The fourth-order valence-electron chi connectivity index (χ4n) is 1.38. The van der Waals surface area contributed by atoms with E-state index in [2.05, 4.69) is 5.32 Å². The Balaban J connectivity index is 2.31. The van der Waals surface area contributed by atoms with Gasteiger partial charge in [-0.15, -0.1) is 0 Å². The zero-order chi connectivity index (χ0) is 10.1. The maximum absolute atomic E-state index is 11.4. The number of ether oxygens (including phenoxy) is 1. The van der Waals surface area contributed by atoms with E-state index >= 15 is 0 Å². The molecular formula is C10H11NO3. The molecule has 2 N–H and O–H groups in total. The molecule has 1 aliphatic heterocycles. The highest BCUT2D eigenvalue weighted by Crippen LogP contribution is 2.29. The largest absolute Gasteiger partial charge is 0.476 e. The number of carbonyl (C=O) groups is 1. The summed E-state index contributed by atoms with van der Waals surface area (Å²) in [4.78, 5) is 11.4. The molecule has 0 aromatic heterocycles. The SMILES string of the molecule is C[C@@H](O)[C@@H]1Oc2ccccc2NC1=O. The maximum Gasteiger partial charge on any atom is 0.268 e. The number of benzene rings is 1. The van der Waals surface area contributed by atoms with Gasteiger partial charge in [-0.3, -0.25) is 4.79 Å². The molecule has 1 amide bonds. The predicted octanol–water partition coefficient (Wildman–Crippen LogP) is 0.767. The van der Waals surface area contributed by atoms with E-state index in [9.17, 15) is 9.90 Å². The van der Waals surface area contributed by atoms with Gasteiger partial charge in [-0.25, -0.2) is 0 Å². The molecule has 1 aromatic carbocycles. The zero-order valence-electron chi connectivity index (χ0n) is 7.73. The lowest BCUT2D eigenvalue weighted by molar-refractivity contribution is -0.127. The second-order valence-corrected chi connectivity index (χ2v) is 3.26. The fourth-order valence-corrected chi connectivity index (χ4v) is 1.38. The Kier molecular flexibility index (Phi) is 2.13. The van der Waals surface area contributed by atoms with Crippen molar-refractivity contribution in [3.05, 3.63) is 24.3 Å². The van der Waals surface area contributed by atoms with Crippen LogP contribution in [0.15, 0.2) is 24.3 Å². The minimum Gasteiger partial charge on any atom is -0.476 e. The van der Waals surface area contributed by atoms with Gasteiger partial charge in [0.1, 0.15) is 5.75 Å². The van der Waals surface area contributed by atoms with E-state index < -0.39 is 12.2 Å². The Bertz CT molecular complexity index is 362. The summed E-state index contributed by atoms with van der Waals surface area (Å²) in [7, 11) is 0. The zero-order valence-corrected chi connectivity index (χ0v) is 7.73. The van der Waals surface area contributed by atoms with Gasteiger partial charge in [-0.05, 0) is 19.1 Å². The van der Waals surface area contributed by atoms with Crippen molar-refractivity contribution in [1.29, 1.82) is 0 Å². The van der Waals surface area contributed by atoms with Crippen LogP contribution in [0.2, 0.25) is 0 Å². The van der Waals surface area contributed by atoms with Crippen molar-refractivity contribution in [3.8, 4) is 5.75 Å². The summed E-state index contributed by atoms with van der Waals surface area (Å²) in [6.45, 7) is 1.53. The van der Waals surface area contributed by atoms with Gasteiger partial charge in [0, 0.05) is 0 Å². The van der Waals surface area contributed by atoms with Crippen LogP contribution >= 0.6 is 0 Å². The van der Waals surface area contributed by atoms with Crippen LogP contribution in [0.25, 0.3) is 0 Å². The van der Waals surface area contributed by atoms with E-state index in [1.54, 1.807) is 12.1 Å².